The van der Waals surface area contributed by atoms with Gasteiger partial charge in [0.15, 0.2) is 0 Å². The van der Waals surface area contributed by atoms with Crippen LogP contribution >= 0.6 is 85.8 Å². The Balaban J connectivity index is -0.000000105. The van der Waals surface area contributed by atoms with Gasteiger partial charge >= 0.3 is 127 Å². The second kappa shape index (κ2) is 15.6. The summed E-state index contributed by atoms with van der Waals surface area (Å²) >= 11 is -5.99. The van der Waals surface area contributed by atoms with Crippen LogP contribution in [0.5, 0.6) is 0 Å². The first-order valence-electron chi connectivity index (χ1n) is 1.29. The van der Waals surface area contributed by atoms with Crippen molar-refractivity contribution in [2.24, 2.45) is 0 Å². The van der Waals surface area contributed by atoms with E-state index in [-0.39, 0.29) is 0 Å². The molecule has 12 heteroatoms. The molecule has 0 fully saturated rings. The van der Waals surface area contributed by atoms with Crippen LogP contribution in [0.4, 0.5) is 0 Å². The van der Waals surface area contributed by atoms with Crippen molar-refractivity contribution in [2.75, 3.05) is 0 Å². The van der Waals surface area contributed by atoms with E-state index >= 15 is 0 Å². The second-order valence-corrected chi connectivity index (χ2v) is 39.8. The zero-order chi connectivity index (χ0) is 10.8. The number of hydrogen-bond acceptors (Lipinski definition) is 0. The predicted molar refractivity (Wildman–Crippen MR) is 52.7 cm³/mol. The van der Waals surface area contributed by atoms with Crippen LogP contribution in [0, 0.1) is 0 Å². The third-order valence-electron chi connectivity index (χ3n) is 0. The van der Waals surface area contributed by atoms with Gasteiger partial charge in [0.1, 0.15) is 0 Å². The molecule has 0 N–H and O–H groups in total. The number of halogens is 9. The minimum absolute atomic E-state index is 0.722. The summed E-state index contributed by atoms with van der Waals surface area (Å²) in [4.78, 5) is 0. The third-order valence-corrected chi connectivity index (χ3v) is 0. The maximum absolute atomic E-state index is 5.03. The van der Waals surface area contributed by atoms with E-state index in [1.54, 1.807) is 0 Å². The second-order valence-electron chi connectivity index (χ2n) is 0.540. The molecule has 0 amide bonds. The molecule has 0 saturated carbocycles. The Morgan fingerprint density at radius 1 is 0.833 bits per heavy atom. The molecule has 0 aromatic rings. The fourth-order valence-corrected chi connectivity index (χ4v) is 0. The Kier molecular flexibility index (Phi) is 28.4. The molecule has 0 bridgehead atoms. The molecule has 0 aliphatic carbocycles. The molecule has 84 valence electrons. The van der Waals surface area contributed by atoms with Crippen molar-refractivity contribution in [2.45, 2.75) is 0 Å². The Labute approximate surface area is 124 Å². The molecular formula is Cl9Re3. The summed E-state index contributed by atoms with van der Waals surface area (Å²) in [6.45, 7) is 0. The van der Waals surface area contributed by atoms with Gasteiger partial charge in [-0.25, -0.2) is 0 Å². The zero-order valence-electron chi connectivity index (χ0n) is 4.54. The molecular weight excluding hydrogens is 878 g/mol. The van der Waals surface area contributed by atoms with Gasteiger partial charge in [-0.3, -0.25) is 0 Å². The van der Waals surface area contributed by atoms with Gasteiger partial charge in [-0.2, -0.15) is 0 Å². The first kappa shape index (κ1) is 21.8. The fourth-order valence-electron chi connectivity index (χ4n) is 0. The van der Waals surface area contributed by atoms with Crippen LogP contribution in [-0.2, 0) is 41.1 Å². The molecule has 0 radical (unpaired) electrons. The van der Waals surface area contributed by atoms with Gasteiger partial charge in [0.25, 0.3) is 0 Å². The van der Waals surface area contributed by atoms with Crippen molar-refractivity contribution in [1.82, 2.24) is 0 Å². The van der Waals surface area contributed by atoms with E-state index < -0.39 is 41.1 Å². The number of hydrogen-bond donors (Lipinski definition) is 0. The van der Waals surface area contributed by atoms with E-state index in [1.165, 1.54) is 0 Å². The molecule has 0 nitrogen and oxygen atoms in total. The Hall–Kier alpha value is 4.60. The molecule has 0 aromatic heterocycles. The summed E-state index contributed by atoms with van der Waals surface area (Å²) in [6.07, 6.45) is 0. The Morgan fingerprint density at radius 3 is 0.833 bits per heavy atom. The maximum atomic E-state index is 5.03. The van der Waals surface area contributed by atoms with Crippen LogP contribution in [0.15, 0.2) is 0 Å². The van der Waals surface area contributed by atoms with Crippen molar-refractivity contribution in [3.8, 4) is 0 Å². The summed E-state index contributed by atoms with van der Waals surface area (Å²) in [5.74, 6) is 0. The minimum atomic E-state index is -3.22. The van der Waals surface area contributed by atoms with E-state index in [0.717, 1.165) is 0 Å². The first-order valence-corrected chi connectivity index (χ1v) is 31.6. The Bertz CT molecular complexity index is 55.9. The third kappa shape index (κ3) is 128. The standard InChI is InChI=1S/9ClH.3Re/h9*1H;;;/q;;;;;;;;;+2;+3;+4/p-9. The molecule has 0 heterocycles. The molecule has 0 rings (SSSR count). The molecule has 0 saturated heterocycles. The summed E-state index contributed by atoms with van der Waals surface area (Å²) in [7, 11) is 44.9. The van der Waals surface area contributed by atoms with Crippen LogP contribution in [0.2, 0.25) is 0 Å². The topological polar surface area (TPSA) is 0 Å². The molecule has 0 atom stereocenters. The van der Waals surface area contributed by atoms with Gasteiger partial charge in [0.05, 0.1) is 0 Å². The van der Waals surface area contributed by atoms with Crippen molar-refractivity contribution in [3.63, 3.8) is 0 Å². The van der Waals surface area contributed by atoms with Crippen LogP contribution in [-0.4, -0.2) is 0 Å². The average molecular weight is 878 g/mol. The van der Waals surface area contributed by atoms with E-state index in [0.29, 0.717) is 0 Å². The van der Waals surface area contributed by atoms with E-state index in [1.807, 2.05) is 0 Å². The SMILES string of the molecule is [Cl][Re]([Cl])([Cl])[Cl].[Cl][Re]([Cl])[Cl].[Cl][Re][Cl]. The normalized spacial score (nSPS) is 11.6. The fraction of sp³-hybridized carbons (Fsp3) is 0. The molecule has 0 aromatic carbocycles. The molecule has 0 aliphatic rings. The van der Waals surface area contributed by atoms with Crippen LogP contribution in [0.1, 0.15) is 0 Å². The van der Waals surface area contributed by atoms with E-state index in [4.69, 9.17) is 85.8 Å². The Morgan fingerprint density at radius 2 is 0.833 bits per heavy atom. The van der Waals surface area contributed by atoms with Crippen LogP contribution < -0.4 is 0 Å². The molecule has 0 unspecified atom stereocenters. The van der Waals surface area contributed by atoms with E-state index in [9.17, 15) is 0 Å². The summed E-state index contributed by atoms with van der Waals surface area (Å²) in [5, 5.41) is 0. The first-order chi connectivity index (χ1) is 5.15. The molecule has 0 aliphatic heterocycles. The van der Waals surface area contributed by atoms with Crippen LogP contribution in [0.25, 0.3) is 0 Å². The summed E-state index contributed by atoms with van der Waals surface area (Å²) in [6, 6.07) is 0. The van der Waals surface area contributed by atoms with Gasteiger partial charge in [0.2, 0.25) is 0 Å². The molecule has 0 spiro atoms. The van der Waals surface area contributed by atoms with Crippen LogP contribution in [0.3, 0.4) is 0 Å². The van der Waals surface area contributed by atoms with E-state index in [2.05, 4.69) is 0 Å². The van der Waals surface area contributed by atoms with Crippen molar-refractivity contribution < 1.29 is 41.1 Å². The zero-order valence-corrected chi connectivity index (χ0v) is 19.5. The quantitative estimate of drug-likeness (QED) is 0.273. The van der Waals surface area contributed by atoms with Gasteiger partial charge in [0, 0.05) is 0 Å². The van der Waals surface area contributed by atoms with Gasteiger partial charge in [-0.05, 0) is 0 Å². The van der Waals surface area contributed by atoms with Crippen molar-refractivity contribution in [1.29, 1.82) is 0 Å². The summed E-state index contributed by atoms with van der Waals surface area (Å²) in [5.41, 5.74) is 0. The van der Waals surface area contributed by atoms with Crippen molar-refractivity contribution in [3.05, 3.63) is 0 Å². The van der Waals surface area contributed by atoms with Gasteiger partial charge < -0.3 is 0 Å². The number of rotatable bonds is 0. The molecule has 12 heavy (non-hydrogen) atoms. The monoisotopic (exact) mass is 876 g/mol. The average Bonchev–Trinajstić information content (AvgIpc) is 1.56. The predicted octanol–water partition coefficient (Wildman–Crippen LogP) is 6.20. The van der Waals surface area contributed by atoms with Gasteiger partial charge in [-0.1, -0.05) is 0 Å². The summed E-state index contributed by atoms with van der Waals surface area (Å²) < 4.78 is 0. The van der Waals surface area contributed by atoms with Crippen molar-refractivity contribution >= 4 is 85.8 Å². The van der Waals surface area contributed by atoms with Gasteiger partial charge in [-0.15, -0.1) is 0 Å².